The molecule has 1 aromatic carbocycles. The number of carbonyl (C=O) groups excluding carboxylic acids is 1. The maximum absolute atomic E-state index is 15.8. The Labute approximate surface area is 209 Å². The number of rotatable bonds is 3. The highest BCUT2D eigenvalue weighted by molar-refractivity contribution is 5.76. The van der Waals surface area contributed by atoms with Crippen LogP contribution < -0.4 is 4.90 Å². The summed E-state index contributed by atoms with van der Waals surface area (Å²) < 4.78 is 25.5. The van der Waals surface area contributed by atoms with E-state index in [1.807, 2.05) is 30.3 Å². The highest BCUT2D eigenvalue weighted by Crippen LogP contribution is 2.61. The number of aryl methyl sites for hydroxylation is 1. The number of halogens is 1. The van der Waals surface area contributed by atoms with Gasteiger partial charge in [0.05, 0.1) is 25.4 Å². The largest absolute Gasteiger partial charge is 0.381 e. The van der Waals surface area contributed by atoms with E-state index in [-0.39, 0.29) is 17.1 Å². The van der Waals surface area contributed by atoms with Crippen LogP contribution in [0, 0.1) is 11.2 Å². The summed E-state index contributed by atoms with van der Waals surface area (Å²) in [7, 11) is 1.84. The van der Waals surface area contributed by atoms with Gasteiger partial charge in [-0.25, -0.2) is 4.39 Å². The molecule has 36 heavy (non-hydrogen) atoms. The summed E-state index contributed by atoms with van der Waals surface area (Å²) in [6.07, 6.45) is 8.06. The van der Waals surface area contributed by atoms with Crippen molar-refractivity contribution in [3.05, 3.63) is 47.2 Å². The molecule has 5 heterocycles. The van der Waals surface area contributed by atoms with Crippen LogP contribution in [0.5, 0.6) is 0 Å². The molecule has 8 nitrogen and oxygen atoms in total. The number of nitrogens with zero attached hydrogens (tertiary/aromatic N) is 6. The molecule has 1 saturated carbocycles. The van der Waals surface area contributed by atoms with Crippen molar-refractivity contribution in [3.8, 4) is 11.1 Å². The van der Waals surface area contributed by atoms with Crippen LogP contribution in [0.3, 0.4) is 0 Å². The van der Waals surface area contributed by atoms with Gasteiger partial charge in [-0.15, -0.1) is 0 Å². The average molecular weight is 491 g/mol. The zero-order valence-electron chi connectivity index (χ0n) is 20.8. The van der Waals surface area contributed by atoms with E-state index < -0.39 is 0 Å². The van der Waals surface area contributed by atoms with E-state index in [1.165, 1.54) is 5.69 Å². The fraction of sp³-hybridized carbons (Fsp3) is 0.519. The lowest BCUT2D eigenvalue weighted by molar-refractivity contribution is -0.129. The van der Waals surface area contributed by atoms with Crippen molar-refractivity contribution in [2.75, 3.05) is 31.2 Å². The Hall–Kier alpha value is -3.20. The van der Waals surface area contributed by atoms with Crippen molar-refractivity contribution in [2.45, 2.75) is 51.6 Å². The van der Waals surface area contributed by atoms with E-state index in [2.05, 4.69) is 14.7 Å². The second-order valence-electron chi connectivity index (χ2n) is 10.9. The van der Waals surface area contributed by atoms with E-state index in [4.69, 9.17) is 9.84 Å². The molecule has 1 saturated heterocycles. The van der Waals surface area contributed by atoms with Gasteiger partial charge in [-0.05, 0) is 37.8 Å². The predicted molar refractivity (Wildman–Crippen MR) is 132 cm³/mol. The van der Waals surface area contributed by atoms with E-state index in [0.29, 0.717) is 31.1 Å². The summed E-state index contributed by atoms with van der Waals surface area (Å²) in [5.41, 5.74) is 5.54. The molecule has 2 aromatic heterocycles. The molecule has 2 atom stereocenters. The SMILES string of the molecule is CC(=O)N1CCc2c(c(N3CCCc4c3ccc(-c3cnn(C)c3)c4F)nn2C2CC23CCOC3)C1. The molecule has 1 amide bonds. The van der Waals surface area contributed by atoms with Crippen LogP contribution in [-0.4, -0.2) is 56.7 Å². The molecule has 7 rings (SSSR count). The minimum absolute atomic E-state index is 0.0811. The fourth-order valence-corrected chi connectivity index (χ4v) is 6.53. The number of carbonyl (C=O) groups is 1. The molecule has 0 N–H and O–H groups in total. The standard InChI is InChI=1S/C27H31FN6O2/c1-17(35)32-10-7-23-21(15-32)26(30-34(23)24-12-27(24)8-11-36-16-27)33-9-3-4-20-22(33)6-5-19(25(20)28)18-13-29-31(2)14-18/h5-6,13-14,24H,3-4,7-12,15-16H2,1-2H3. The molecule has 9 heteroatoms. The summed E-state index contributed by atoms with van der Waals surface area (Å²) in [5, 5.41) is 9.44. The first kappa shape index (κ1) is 22.0. The Balaban J connectivity index is 1.32. The van der Waals surface area contributed by atoms with Gasteiger partial charge in [-0.3, -0.25) is 14.2 Å². The van der Waals surface area contributed by atoms with Gasteiger partial charge in [0.2, 0.25) is 5.91 Å². The van der Waals surface area contributed by atoms with E-state index in [1.54, 1.807) is 17.8 Å². The van der Waals surface area contributed by atoms with Gasteiger partial charge >= 0.3 is 0 Å². The van der Waals surface area contributed by atoms with E-state index in [9.17, 15) is 4.79 Å². The molecule has 3 aliphatic heterocycles. The van der Waals surface area contributed by atoms with Gasteiger partial charge < -0.3 is 14.5 Å². The fourth-order valence-electron chi connectivity index (χ4n) is 6.53. The number of fused-ring (bicyclic) bond motifs is 2. The van der Waals surface area contributed by atoms with Crippen molar-refractivity contribution in [2.24, 2.45) is 12.5 Å². The van der Waals surface area contributed by atoms with Crippen LogP contribution >= 0.6 is 0 Å². The van der Waals surface area contributed by atoms with Gasteiger partial charge in [0.25, 0.3) is 0 Å². The molecular weight excluding hydrogens is 459 g/mol. The average Bonchev–Trinajstić information content (AvgIpc) is 3.22. The Morgan fingerprint density at radius 3 is 2.86 bits per heavy atom. The number of anilines is 2. The lowest BCUT2D eigenvalue weighted by atomic mass is 9.95. The van der Waals surface area contributed by atoms with Crippen molar-refractivity contribution < 1.29 is 13.9 Å². The lowest BCUT2D eigenvalue weighted by Crippen LogP contribution is -2.35. The Bertz CT molecular complexity index is 1370. The maximum Gasteiger partial charge on any atom is 0.219 e. The second kappa shape index (κ2) is 7.90. The molecule has 4 aliphatic rings. The molecular formula is C27H31FN6O2. The molecule has 1 aliphatic carbocycles. The van der Waals surface area contributed by atoms with Crippen LogP contribution in [0.2, 0.25) is 0 Å². The second-order valence-corrected chi connectivity index (χ2v) is 10.9. The maximum atomic E-state index is 15.8. The molecule has 1 spiro atoms. The zero-order chi connectivity index (χ0) is 24.6. The van der Waals surface area contributed by atoms with Crippen LogP contribution in [0.15, 0.2) is 24.5 Å². The third-order valence-electron chi connectivity index (χ3n) is 8.68. The van der Waals surface area contributed by atoms with Crippen LogP contribution in [-0.2, 0) is 36.0 Å². The Morgan fingerprint density at radius 1 is 1.22 bits per heavy atom. The van der Waals surface area contributed by atoms with Gasteiger partial charge in [0.1, 0.15) is 5.82 Å². The number of aromatic nitrogens is 4. The normalized spacial score (nSPS) is 24.8. The number of amides is 1. The highest BCUT2D eigenvalue weighted by atomic mass is 19.1. The van der Waals surface area contributed by atoms with Gasteiger partial charge in [0, 0.05) is 85.3 Å². The van der Waals surface area contributed by atoms with Gasteiger partial charge in [-0.2, -0.15) is 10.2 Å². The number of hydrogen-bond acceptors (Lipinski definition) is 5. The van der Waals surface area contributed by atoms with E-state index in [0.717, 1.165) is 73.6 Å². The summed E-state index contributed by atoms with van der Waals surface area (Å²) in [5.74, 6) is 0.789. The third-order valence-corrected chi connectivity index (χ3v) is 8.68. The number of ether oxygens (including phenoxy) is 1. The zero-order valence-corrected chi connectivity index (χ0v) is 20.8. The van der Waals surface area contributed by atoms with E-state index >= 15 is 4.39 Å². The highest BCUT2D eigenvalue weighted by Gasteiger charge is 2.59. The molecule has 2 fully saturated rings. The van der Waals surface area contributed by atoms with Crippen LogP contribution in [0.25, 0.3) is 11.1 Å². The third kappa shape index (κ3) is 3.25. The van der Waals surface area contributed by atoms with Gasteiger partial charge in [-0.1, -0.05) is 0 Å². The minimum atomic E-state index is -0.173. The summed E-state index contributed by atoms with van der Waals surface area (Å²) in [6, 6.07) is 4.24. The summed E-state index contributed by atoms with van der Waals surface area (Å²) in [4.78, 5) is 16.4. The summed E-state index contributed by atoms with van der Waals surface area (Å²) in [6.45, 7) is 5.30. The molecule has 188 valence electrons. The van der Waals surface area contributed by atoms with Gasteiger partial charge in [0.15, 0.2) is 5.82 Å². The topological polar surface area (TPSA) is 68.4 Å². The number of hydrogen-bond donors (Lipinski definition) is 0. The molecule has 2 unspecified atom stereocenters. The Kier molecular flexibility index (Phi) is 4.83. The Morgan fingerprint density at radius 2 is 2.11 bits per heavy atom. The van der Waals surface area contributed by atoms with Crippen molar-refractivity contribution in [3.63, 3.8) is 0 Å². The number of benzene rings is 1. The minimum Gasteiger partial charge on any atom is -0.381 e. The monoisotopic (exact) mass is 490 g/mol. The van der Waals surface area contributed by atoms with Crippen molar-refractivity contribution >= 4 is 17.4 Å². The van der Waals surface area contributed by atoms with Crippen molar-refractivity contribution in [1.82, 2.24) is 24.5 Å². The smallest absolute Gasteiger partial charge is 0.219 e. The molecule has 3 aromatic rings. The predicted octanol–water partition coefficient (Wildman–Crippen LogP) is 3.76. The van der Waals surface area contributed by atoms with Crippen LogP contribution in [0.1, 0.15) is 49.0 Å². The first-order chi connectivity index (χ1) is 17.4. The summed E-state index contributed by atoms with van der Waals surface area (Å²) >= 11 is 0. The van der Waals surface area contributed by atoms with Crippen molar-refractivity contribution in [1.29, 1.82) is 0 Å². The quantitative estimate of drug-likeness (QED) is 0.559. The first-order valence-electron chi connectivity index (χ1n) is 13.0. The first-order valence-corrected chi connectivity index (χ1v) is 13.0. The molecule has 0 radical (unpaired) electrons. The lowest BCUT2D eigenvalue weighted by Gasteiger charge is -2.33. The molecule has 0 bridgehead atoms. The van der Waals surface area contributed by atoms with Crippen LogP contribution in [0.4, 0.5) is 15.9 Å².